The molecule has 3 rings (SSSR count). The fourth-order valence-corrected chi connectivity index (χ4v) is 10.6. The van der Waals surface area contributed by atoms with Crippen molar-refractivity contribution in [3.8, 4) is 17.2 Å². The maximum absolute atomic E-state index is 11.0. The Labute approximate surface area is 485 Å². The zero-order valence-electron chi connectivity index (χ0n) is 50.8. The molecular formula is C72H123AlO3. The largest absolute Gasteiger partial charge is 3.00 e. The van der Waals surface area contributed by atoms with Crippen molar-refractivity contribution in [1.29, 1.82) is 0 Å². The van der Waals surface area contributed by atoms with E-state index in [2.05, 4.69) is 20.8 Å². The third-order valence-electron chi connectivity index (χ3n) is 15.7. The molecule has 3 aromatic carbocycles. The molecule has 0 aliphatic carbocycles. The van der Waals surface area contributed by atoms with E-state index in [4.69, 9.17) is 0 Å². The molecule has 0 heterocycles. The van der Waals surface area contributed by atoms with Crippen molar-refractivity contribution in [3.05, 3.63) is 89.5 Å². The van der Waals surface area contributed by atoms with Gasteiger partial charge in [-0.15, -0.1) is 17.2 Å². The van der Waals surface area contributed by atoms with E-state index in [9.17, 15) is 15.3 Å². The second-order valence-electron chi connectivity index (χ2n) is 23.1. The summed E-state index contributed by atoms with van der Waals surface area (Å²) in [7, 11) is 0. The zero-order valence-corrected chi connectivity index (χ0v) is 51.9. The number of hydrogen-bond donors (Lipinski definition) is 0. The van der Waals surface area contributed by atoms with E-state index >= 15 is 0 Å². The van der Waals surface area contributed by atoms with Crippen molar-refractivity contribution in [2.75, 3.05) is 0 Å². The minimum Gasteiger partial charge on any atom is -0.872 e. The minimum atomic E-state index is 0. The number of rotatable bonds is 51. The van der Waals surface area contributed by atoms with E-state index in [1.165, 1.54) is 325 Å². The van der Waals surface area contributed by atoms with Crippen LogP contribution in [0.15, 0.2) is 72.8 Å². The Morgan fingerprint density at radius 1 is 0.184 bits per heavy atom. The number of benzene rings is 3. The number of unbranched alkanes of at least 4 members (excludes halogenated alkanes) is 45. The van der Waals surface area contributed by atoms with E-state index in [-0.39, 0.29) is 34.6 Å². The molecule has 0 aliphatic rings. The molecule has 0 N–H and O–H groups in total. The number of hydrogen-bond acceptors (Lipinski definition) is 3. The van der Waals surface area contributed by atoms with E-state index in [0.717, 1.165) is 19.3 Å². The van der Waals surface area contributed by atoms with Gasteiger partial charge in [0.05, 0.1) is 0 Å². The predicted molar refractivity (Wildman–Crippen MR) is 333 cm³/mol. The molecule has 0 atom stereocenters. The Morgan fingerprint density at radius 2 is 0.303 bits per heavy atom. The van der Waals surface area contributed by atoms with Gasteiger partial charge in [-0.05, 0) is 55.2 Å². The minimum absolute atomic E-state index is 0. The van der Waals surface area contributed by atoms with Gasteiger partial charge in [0, 0.05) is 0 Å². The van der Waals surface area contributed by atoms with Gasteiger partial charge >= 0.3 is 17.4 Å². The Hall–Kier alpha value is -2.41. The summed E-state index contributed by atoms with van der Waals surface area (Å²) in [5.41, 5.74) is 3.93. The van der Waals surface area contributed by atoms with Crippen LogP contribution in [-0.2, 0) is 19.3 Å². The van der Waals surface area contributed by atoms with Gasteiger partial charge in [0.1, 0.15) is 0 Å². The molecule has 0 radical (unpaired) electrons. The summed E-state index contributed by atoms with van der Waals surface area (Å²) in [6, 6.07) is 22.0. The summed E-state index contributed by atoms with van der Waals surface area (Å²) in [6.07, 6.45) is 71.2. The third-order valence-corrected chi connectivity index (χ3v) is 15.7. The summed E-state index contributed by atoms with van der Waals surface area (Å²) in [5, 5.41) is 33.1. The van der Waals surface area contributed by atoms with E-state index in [1.807, 2.05) is 36.4 Å². The summed E-state index contributed by atoms with van der Waals surface area (Å²) in [5.74, 6) is 0.363. The van der Waals surface area contributed by atoms with Crippen LogP contribution >= 0.6 is 0 Å². The van der Waals surface area contributed by atoms with Crippen LogP contribution in [0.4, 0.5) is 0 Å². The average molecular weight is 1060 g/mol. The van der Waals surface area contributed by atoms with Crippen molar-refractivity contribution in [2.45, 2.75) is 348 Å². The van der Waals surface area contributed by atoms with Crippen LogP contribution in [0.2, 0.25) is 0 Å². The molecule has 432 valence electrons. The molecule has 0 aliphatic heterocycles. The summed E-state index contributed by atoms with van der Waals surface area (Å²) >= 11 is 0. The van der Waals surface area contributed by atoms with Crippen LogP contribution in [0.3, 0.4) is 0 Å². The first-order valence-electron chi connectivity index (χ1n) is 33.3. The van der Waals surface area contributed by atoms with Gasteiger partial charge in [-0.1, -0.05) is 383 Å². The molecule has 0 spiro atoms. The van der Waals surface area contributed by atoms with Crippen LogP contribution in [0.25, 0.3) is 0 Å². The van der Waals surface area contributed by atoms with Crippen LogP contribution in [0.5, 0.6) is 17.2 Å². The van der Waals surface area contributed by atoms with Crippen molar-refractivity contribution in [3.63, 3.8) is 0 Å². The van der Waals surface area contributed by atoms with Crippen LogP contribution in [-0.4, -0.2) is 17.4 Å². The molecular weight excluding hydrogens is 940 g/mol. The first-order valence-corrected chi connectivity index (χ1v) is 33.3. The quantitative estimate of drug-likeness (QED) is 0.0418. The molecule has 0 saturated carbocycles. The van der Waals surface area contributed by atoms with Crippen LogP contribution in [0.1, 0.15) is 346 Å². The van der Waals surface area contributed by atoms with E-state index < -0.39 is 0 Å². The van der Waals surface area contributed by atoms with Gasteiger partial charge in [-0.2, -0.15) is 0 Å². The molecule has 76 heavy (non-hydrogen) atoms. The smallest absolute Gasteiger partial charge is 0.872 e. The van der Waals surface area contributed by atoms with Gasteiger partial charge in [0.15, 0.2) is 0 Å². The molecule has 0 aromatic heterocycles. The second kappa shape index (κ2) is 60.2. The predicted octanol–water partition coefficient (Wildman–Crippen LogP) is 22.3. The summed E-state index contributed by atoms with van der Waals surface area (Å²) in [6.45, 7) is 6.86. The molecule has 3 nitrogen and oxygen atoms in total. The SMILES string of the molecule is CCCCCCCCCCCCCCCCCCc1ccc([O-])cc1.CCCCCCCCCCCCCCCCCCc1ccc([O-])cc1.CCCCCCCCCCCCCCCCCCc1ccc([O-])cc1.[Al+3]. The van der Waals surface area contributed by atoms with Gasteiger partial charge in [-0.3, -0.25) is 0 Å². The normalized spacial score (nSPS) is 10.9. The van der Waals surface area contributed by atoms with Crippen molar-refractivity contribution in [2.24, 2.45) is 0 Å². The van der Waals surface area contributed by atoms with Crippen molar-refractivity contribution in [1.82, 2.24) is 0 Å². The van der Waals surface area contributed by atoms with Crippen LogP contribution < -0.4 is 15.3 Å². The fourth-order valence-electron chi connectivity index (χ4n) is 10.6. The van der Waals surface area contributed by atoms with Crippen molar-refractivity contribution < 1.29 is 15.3 Å². The standard InChI is InChI=1S/3C24H42O.Al/c3*1-2-3-4-5-6-7-8-9-10-11-12-13-14-15-16-17-18-23-19-21-24(25)22-20-23;/h3*19-22,25H,2-18H2,1H3;/q;;;+3/p-3. The van der Waals surface area contributed by atoms with Gasteiger partial charge in [-0.25, -0.2) is 0 Å². The molecule has 0 saturated heterocycles. The third kappa shape index (κ3) is 53.6. The second-order valence-corrected chi connectivity index (χ2v) is 23.1. The van der Waals surface area contributed by atoms with Gasteiger partial charge in [0.25, 0.3) is 0 Å². The Morgan fingerprint density at radius 3 is 0.434 bits per heavy atom. The zero-order chi connectivity index (χ0) is 54.0. The summed E-state index contributed by atoms with van der Waals surface area (Å²) in [4.78, 5) is 0. The Kier molecular flexibility index (Phi) is 58.3. The van der Waals surface area contributed by atoms with Crippen LogP contribution in [0, 0.1) is 0 Å². The van der Waals surface area contributed by atoms with Gasteiger partial charge in [0.2, 0.25) is 0 Å². The Bertz CT molecular complexity index is 1340. The molecule has 3 aromatic rings. The molecule has 0 fully saturated rings. The maximum Gasteiger partial charge on any atom is 3.00 e. The first kappa shape index (κ1) is 73.6. The average Bonchev–Trinajstić information content (AvgIpc) is 3.42. The molecule has 0 amide bonds. The molecule has 4 heteroatoms. The van der Waals surface area contributed by atoms with E-state index in [1.54, 1.807) is 36.4 Å². The molecule has 0 unspecified atom stereocenters. The maximum atomic E-state index is 11.0. The molecule has 0 bridgehead atoms. The van der Waals surface area contributed by atoms with Crippen molar-refractivity contribution >= 4 is 17.4 Å². The number of aryl methyl sites for hydroxylation is 3. The van der Waals surface area contributed by atoms with E-state index in [0.29, 0.717) is 0 Å². The fraction of sp³-hybridized carbons (Fsp3) is 0.750. The van der Waals surface area contributed by atoms with Gasteiger partial charge < -0.3 is 15.3 Å². The monoisotopic (exact) mass is 1060 g/mol. The first-order chi connectivity index (χ1) is 37.0. The summed E-state index contributed by atoms with van der Waals surface area (Å²) < 4.78 is 0. The Balaban J connectivity index is 0.00000110. The topological polar surface area (TPSA) is 69.2 Å².